The highest BCUT2D eigenvalue weighted by Gasteiger charge is 2.28. The molecule has 8 nitrogen and oxygen atoms in total. The van der Waals surface area contributed by atoms with E-state index in [1.807, 2.05) is 30.3 Å². The van der Waals surface area contributed by atoms with Gasteiger partial charge < -0.3 is 18.6 Å². The molecule has 2 aromatic carbocycles. The van der Waals surface area contributed by atoms with Gasteiger partial charge in [0, 0.05) is 25.6 Å². The van der Waals surface area contributed by atoms with Crippen LogP contribution in [0.4, 0.5) is 6.01 Å². The fraction of sp³-hybridized carbons (Fsp3) is 0.273. The lowest BCUT2D eigenvalue weighted by atomic mass is 9.97. The standard InChI is InChI=1S/C22H20N4O4/c1-14-23-20(25-30-14)16-5-4-6-17(13-16)28-21(27)15-9-11-26(12-10-15)22-24-18-7-2-3-8-19(18)29-22/h2-8,13,15H,9-12H2,1H3. The number of carbonyl (C=O) groups is 1. The van der Waals surface area contributed by atoms with Crippen LogP contribution in [0.5, 0.6) is 5.75 Å². The lowest BCUT2D eigenvalue weighted by Crippen LogP contribution is -2.37. The molecule has 1 aliphatic heterocycles. The zero-order chi connectivity index (χ0) is 20.5. The van der Waals surface area contributed by atoms with Crippen molar-refractivity contribution in [3.05, 3.63) is 54.4 Å². The van der Waals surface area contributed by atoms with Crippen molar-refractivity contribution in [3.8, 4) is 17.1 Å². The van der Waals surface area contributed by atoms with Crippen molar-refractivity contribution < 1.29 is 18.5 Å². The molecule has 3 heterocycles. The summed E-state index contributed by atoms with van der Waals surface area (Å²) in [7, 11) is 0. The SMILES string of the molecule is Cc1nc(-c2cccc(OC(=O)C3CCN(c4nc5ccccc5o4)CC3)c2)no1. The summed E-state index contributed by atoms with van der Waals surface area (Å²) in [6, 6.07) is 15.4. The molecule has 5 rings (SSSR count). The van der Waals surface area contributed by atoms with Gasteiger partial charge in [0.05, 0.1) is 5.92 Å². The molecule has 0 atom stereocenters. The number of carbonyl (C=O) groups excluding carboxylic acids is 1. The first kappa shape index (κ1) is 18.4. The van der Waals surface area contributed by atoms with Crippen LogP contribution in [0.15, 0.2) is 57.5 Å². The normalized spacial score (nSPS) is 14.9. The first-order valence-corrected chi connectivity index (χ1v) is 9.89. The van der Waals surface area contributed by atoms with E-state index in [1.165, 1.54) is 0 Å². The molecular weight excluding hydrogens is 384 g/mol. The number of rotatable bonds is 4. The van der Waals surface area contributed by atoms with E-state index in [0.717, 1.165) is 16.7 Å². The summed E-state index contributed by atoms with van der Waals surface area (Å²) in [5, 5.41) is 3.90. The maximum atomic E-state index is 12.7. The third-order valence-electron chi connectivity index (χ3n) is 5.22. The minimum absolute atomic E-state index is 0.165. The lowest BCUT2D eigenvalue weighted by Gasteiger charge is -2.29. The number of benzene rings is 2. The fourth-order valence-corrected chi connectivity index (χ4v) is 3.62. The van der Waals surface area contributed by atoms with Crippen LogP contribution in [0.25, 0.3) is 22.5 Å². The Hall–Kier alpha value is -3.68. The molecule has 0 bridgehead atoms. The summed E-state index contributed by atoms with van der Waals surface area (Å²) in [6.45, 7) is 3.11. The largest absolute Gasteiger partial charge is 0.426 e. The van der Waals surface area contributed by atoms with Crippen molar-refractivity contribution in [2.24, 2.45) is 5.92 Å². The first-order valence-electron chi connectivity index (χ1n) is 9.89. The summed E-state index contributed by atoms with van der Waals surface area (Å²) >= 11 is 0. The van der Waals surface area contributed by atoms with Gasteiger partial charge in [0.1, 0.15) is 11.3 Å². The second-order valence-electron chi connectivity index (χ2n) is 7.31. The van der Waals surface area contributed by atoms with Crippen LogP contribution in [-0.4, -0.2) is 34.2 Å². The molecule has 1 saturated heterocycles. The molecule has 4 aromatic rings. The van der Waals surface area contributed by atoms with Crippen LogP contribution in [0.3, 0.4) is 0 Å². The number of aryl methyl sites for hydroxylation is 1. The van der Waals surface area contributed by atoms with Crippen LogP contribution in [0, 0.1) is 12.8 Å². The number of hydrogen-bond acceptors (Lipinski definition) is 8. The summed E-state index contributed by atoms with van der Waals surface area (Å²) in [4.78, 5) is 23.5. The monoisotopic (exact) mass is 404 g/mol. The summed E-state index contributed by atoms with van der Waals surface area (Å²) < 4.78 is 16.5. The maximum Gasteiger partial charge on any atom is 0.314 e. The van der Waals surface area contributed by atoms with Crippen molar-refractivity contribution in [1.29, 1.82) is 0 Å². The molecule has 0 unspecified atom stereocenters. The van der Waals surface area contributed by atoms with E-state index >= 15 is 0 Å². The van der Waals surface area contributed by atoms with Crippen LogP contribution >= 0.6 is 0 Å². The van der Waals surface area contributed by atoms with Crippen molar-refractivity contribution in [2.45, 2.75) is 19.8 Å². The molecule has 152 valence electrons. The second-order valence-corrected chi connectivity index (χ2v) is 7.31. The first-order chi connectivity index (χ1) is 14.7. The fourth-order valence-electron chi connectivity index (χ4n) is 3.62. The van der Waals surface area contributed by atoms with Crippen molar-refractivity contribution in [1.82, 2.24) is 15.1 Å². The van der Waals surface area contributed by atoms with E-state index in [-0.39, 0.29) is 11.9 Å². The van der Waals surface area contributed by atoms with Crippen LogP contribution in [0.2, 0.25) is 0 Å². The van der Waals surface area contributed by atoms with Gasteiger partial charge >= 0.3 is 5.97 Å². The number of anilines is 1. The van der Waals surface area contributed by atoms with E-state index in [9.17, 15) is 4.79 Å². The highest BCUT2D eigenvalue weighted by Crippen LogP contribution is 2.28. The molecule has 0 aliphatic carbocycles. The molecule has 8 heteroatoms. The molecule has 0 radical (unpaired) electrons. The van der Waals surface area contributed by atoms with E-state index in [2.05, 4.69) is 20.0 Å². The third-order valence-corrected chi connectivity index (χ3v) is 5.22. The number of para-hydroxylation sites is 2. The predicted molar refractivity (Wildman–Crippen MR) is 109 cm³/mol. The van der Waals surface area contributed by atoms with Gasteiger partial charge in [-0.1, -0.05) is 29.4 Å². The van der Waals surface area contributed by atoms with Crippen LogP contribution in [-0.2, 0) is 4.79 Å². The van der Waals surface area contributed by atoms with Gasteiger partial charge in [-0.25, -0.2) is 0 Å². The second kappa shape index (κ2) is 7.62. The number of ether oxygens (including phenoxy) is 1. The lowest BCUT2D eigenvalue weighted by molar-refractivity contribution is -0.139. The molecule has 30 heavy (non-hydrogen) atoms. The van der Waals surface area contributed by atoms with Gasteiger partial charge in [-0.2, -0.15) is 9.97 Å². The number of aromatic nitrogens is 3. The molecule has 1 fully saturated rings. The summed E-state index contributed by atoms with van der Waals surface area (Å²) in [6.07, 6.45) is 1.36. The average Bonchev–Trinajstić information content (AvgIpc) is 3.40. The molecule has 0 saturated carbocycles. The quantitative estimate of drug-likeness (QED) is 0.372. The zero-order valence-electron chi connectivity index (χ0n) is 16.4. The minimum Gasteiger partial charge on any atom is -0.426 e. The number of nitrogens with zero attached hydrogens (tertiary/aromatic N) is 4. The smallest absolute Gasteiger partial charge is 0.314 e. The number of oxazole rings is 1. The Bertz CT molecular complexity index is 1160. The van der Waals surface area contributed by atoms with Crippen molar-refractivity contribution in [3.63, 3.8) is 0 Å². The molecular formula is C22H20N4O4. The van der Waals surface area contributed by atoms with Gasteiger partial charge in [0.25, 0.3) is 6.01 Å². The number of piperidine rings is 1. The Kier molecular flexibility index (Phi) is 4.66. The average molecular weight is 404 g/mol. The Balaban J connectivity index is 1.22. The predicted octanol–water partition coefficient (Wildman–Crippen LogP) is 4.01. The molecule has 0 N–H and O–H groups in total. The maximum absolute atomic E-state index is 12.7. The van der Waals surface area contributed by atoms with E-state index in [1.54, 1.807) is 25.1 Å². The van der Waals surface area contributed by atoms with Crippen LogP contribution in [0.1, 0.15) is 18.7 Å². The Labute approximate surface area is 172 Å². The topological polar surface area (TPSA) is 94.5 Å². The van der Waals surface area contributed by atoms with Crippen molar-refractivity contribution >= 4 is 23.1 Å². The van der Waals surface area contributed by atoms with Crippen molar-refractivity contribution in [2.75, 3.05) is 18.0 Å². The van der Waals surface area contributed by atoms with E-state index in [4.69, 9.17) is 13.7 Å². The van der Waals surface area contributed by atoms with E-state index in [0.29, 0.717) is 49.4 Å². The highest BCUT2D eigenvalue weighted by molar-refractivity contribution is 5.76. The van der Waals surface area contributed by atoms with Crippen LogP contribution < -0.4 is 9.64 Å². The highest BCUT2D eigenvalue weighted by atomic mass is 16.5. The summed E-state index contributed by atoms with van der Waals surface area (Å²) in [5.74, 6) is 1.03. The third kappa shape index (κ3) is 3.63. The van der Waals surface area contributed by atoms with Gasteiger partial charge in [-0.05, 0) is 37.1 Å². The minimum atomic E-state index is -0.228. The summed E-state index contributed by atoms with van der Waals surface area (Å²) in [5.41, 5.74) is 2.35. The number of esters is 1. The van der Waals surface area contributed by atoms with Gasteiger partial charge in [-0.15, -0.1) is 0 Å². The Morgan fingerprint density at radius 2 is 1.93 bits per heavy atom. The Morgan fingerprint density at radius 3 is 2.70 bits per heavy atom. The van der Waals surface area contributed by atoms with Gasteiger partial charge in [-0.3, -0.25) is 4.79 Å². The molecule has 0 spiro atoms. The number of hydrogen-bond donors (Lipinski definition) is 0. The number of fused-ring (bicyclic) bond motifs is 1. The molecule has 2 aromatic heterocycles. The zero-order valence-corrected chi connectivity index (χ0v) is 16.4. The van der Waals surface area contributed by atoms with E-state index < -0.39 is 0 Å². The van der Waals surface area contributed by atoms with Gasteiger partial charge in [0.2, 0.25) is 11.7 Å². The molecule has 1 aliphatic rings. The van der Waals surface area contributed by atoms with Gasteiger partial charge in [0.15, 0.2) is 5.58 Å². The molecule has 0 amide bonds. The Morgan fingerprint density at radius 1 is 1.10 bits per heavy atom.